The van der Waals surface area contributed by atoms with E-state index in [1.54, 1.807) is 0 Å². The predicted molar refractivity (Wildman–Crippen MR) is 56.0 cm³/mol. The Labute approximate surface area is 86.4 Å². The predicted octanol–water partition coefficient (Wildman–Crippen LogP) is 1.67. The minimum absolute atomic E-state index is 0.00573. The van der Waals surface area contributed by atoms with E-state index >= 15 is 0 Å². The number of rotatable bonds is 2. The van der Waals surface area contributed by atoms with Gasteiger partial charge in [-0.15, -0.1) is 0 Å². The second kappa shape index (κ2) is 3.89. The SMILES string of the molecule is CC(C)OC(=O)C1CN(C(C)(C)C)C1. The van der Waals surface area contributed by atoms with Gasteiger partial charge in [0.25, 0.3) is 0 Å². The van der Waals surface area contributed by atoms with E-state index in [-0.39, 0.29) is 23.5 Å². The molecule has 0 amide bonds. The summed E-state index contributed by atoms with van der Waals surface area (Å²) in [5, 5.41) is 0. The van der Waals surface area contributed by atoms with E-state index in [1.165, 1.54) is 0 Å². The van der Waals surface area contributed by atoms with Crippen LogP contribution in [0.5, 0.6) is 0 Å². The number of carbonyl (C=O) groups excluding carboxylic acids is 1. The normalized spacial score (nSPS) is 19.6. The van der Waals surface area contributed by atoms with Crippen molar-refractivity contribution in [3.8, 4) is 0 Å². The standard InChI is InChI=1S/C11H21NO2/c1-8(2)14-10(13)9-6-12(7-9)11(3,4)5/h8-9H,6-7H2,1-5H3. The molecule has 0 radical (unpaired) electrons. The monoisotopic (exact) mass is 199 g/mol. The van der Waals surface area contributed by atoms with Crippen molar-refractivity contribution >= 4 is 5.97 Å². The van der Waals surface area contributed by atoms with Crippen LogP contribution in [0.2, 0.25) is 0 Å². The Kier molecular flexibility index (Phi) is 3.20. The molecule has 14 heavy (non-hydrogen) atoms. The molecule has 0 saturated carbocycles. The van der Waals surface area contributed by atoms with Gasteiger partial charge in [0.05, 0.1) is 12.0 Å². The molecule has 1 aliphatic rings. The third-order valence-electron chi connectivity index (χ3n) is 2.52. The molecule has 0 aromatic heterocycles. The Hall–Kier alpha value is -0.570. The molecule has 1 heterocycles. The average Bonchev–Trinajstić information content (AvgIpc) is 1.75. The van der Waals surface area contributed by atoms with Crippen molar-refractivity contribution in [2.75, 3.05) is 13.1 Å². The largest absolute Gasteiger partial charge is 0.463 e. The summed E-state index contributed by atoms with van der Waals surface area (Å²) < 4.78 is 5.15. The van der Waals surface area contributed by atoms with Gasteiger partial charge in [0.15, 0.2) is 0 Å². The highest BCUT2D eigenvalue weighted by Crippen LogP contribution is 2.26. The first-order valence-corrected chi connectivity index (χ1v) is 5.26. The molecule has 0 unspecified atom stereocenters. The Morgan fingerprint density at radius 1 is 1.36 bits per heavy atom. The van der Waals surface area contributed by atoms with Gasteiger partial charge in [0, 0.05) is 18.6 Å². The number of likely N-dealkylation sites (tertiary alicyclic amines) is 1. The number of ether oxygens (including phenoxy) is 1. The summed E-state index contributed by atoms with van der Waals surface area (Å²) in [5.41, 5.74) is 0.175. The molecule has 3 nitrogen and oxygen atoms in total. The van der Waals surface area contributed by atoms with Crippen LogP contribution in [-0.4, -0.2) is 35.6 Å². The van der Waals surface area contributed by atoms with E-state index in [9.17, 15) is 4.79 Å². The van der Waals surface area contributed by atoms with Crippen molar-refractivity contribution < 1.29 is 9.53 Å². The lowest BCUT2D eigenvalue weighted by molar-refractivity contribution is -0.160. The molecule has 0 bridgehead atoms. The van der Waals surface area contributed by atoms with Gasteiger partial charge in [0.1, 0.15) is 0 Å². The summed E-state index contributed by atoms with van der Waals surface area (Å²) in [5.74, 6) is 0.0529. The van der Waals surface area contributed by atoms with Gasteiger partial charge in [-0.3, -0.25) is 9.69 Å². The van der Waals surface area contributed by atoms with Crippen molar-refractivity contribution in [3.63, 3.8) is 0 Å². The maximum absolute atomic E-state index is 11.5. The lowest BCUT2D eigenvalue weighted by Crippen LogP contribution is -2.58. The van der Waals surface area contributed by atoms with Crippen LogP contribution in [0, 0.1) is 5.92 Å². The highest BCUT2D eigenvalue weighted by Gasteiger charge is 2.39. The number of hydrogen-bond donors (Lipinski definition) is 0. The fourth-order valence-corrected chi connectivity index (χ4v) is 1.50. The van der Waals surface area contributed by atoms with Crippen LogP contribution in [0.15, 0.2) is 0 Å². The summed E-state index contributed by atoms with van der Waals surface area (Å²) in [4.78, 5) is 13.8. The van der Waals surface area contributed by atoms with E-state index in [0.29, 0.717) is 0 Å². The van der Waals surface area contributed by atoms with E-state index in [1.807, 2.05) is 13.8 Å². The van der Waals surface area contributed by atoms with Crippen molar-refractivity contribution in [2.45, 2.75) is 46.3 Å². The number of hydrogen-bond acceptors (Lipinski definition) is 3. The highest BCUT2D eigenvalue weighted by atomic mass is 16.5. The van der Waals surface area contributed by atoms with Crippen LogP contribution in [0.25, 0.3) is 0 Å². The number of carbonyl (C=O) groups is 1. The van der Waals surface area contributed by atoms with Crippen LogP contribution < -0.4 is 0 Å². The smallest absolute Gasteiger partial charge is 0.311 e. The molecule has 0 aromatic rings. The minimum atomic E-state index is -0.0412. The molecule has 0 aliphatic carbocycles. The molecule has 0 atom stereocenters. The van der Waals surface area contributed by atoms with Gasteiger partial charge in [0.2, 0.25) is 0 Å². The van der Waals surface area contributed by atoms with Gasteiger partial charge >= 0.3 is 5.97 Å². The summed E-state index contributed by atoms with van der Waals surface area (Å²) in [6.45, 7) is 11.9. The molecule has 1 aliphatic heterocycles. The topological polar surface area (TPSA) is 29.5 Å². The van der Waals surface area contributed by atoms with Crippen molar-refractivity contribution in [2.24, 2.45) is 5.92 Å². The minimum Gasteiger partial charge on any atom is -0.463 e. The molecule has 1 saturated heterocycles. The first kappa shape index (κ1) is 11.5. The Morgan fingerprint density at radius 2 is 1.86 bits per heavy atom. The third-order valence-corrected chi connectivity index (χ3v) is 2.52. The maximum Gasteiger partial charge on any atom is 0.311 e. The molecule has 0 N–H and O–H groups in total. The first-order valence-electron chi connectivity index (χ1n) is 5.26. The molecule has 0 aromatic carbocycles. The Morgan fingerprint density at radius 3 is 2.21 bits per heavy atom. The molecule has 1 rings (SSSR count). The molecule has 1 fully saturated rings. The molecule has 3 heteroatoms. The lowest BCUT2D eigenvalue weighted by atomic mass is 9.92. The van der Waals surface area contributed by atoms with Gasteiger partial charge < -0.3 is 4.74 Å². The summed E-state index contributed by atoms with van der Waals surface area (Å²) >= 11 is 0. The Balaban J connectivity index is 2.31. The van der Waals surface area contributed by atoms with E-state index in [4.69, 9.17) is 4.74 Å². The van der Waals surface area contributed by atoms with E-state index in [2.05, 4.69) is 25.7 Å². The highest BCUT2D eigenvalue weighted by molar-refractivity contribution is 5.74. The van der Waals surface area contributed by atoms with Gasteiger partial charge in [-0.05, 0) is 34.6 Å². The van der Waals surface area contributed by atoms with E-state index < -0.39 is 0 Å². The zero-order valence-electron chi connectivity index (χ0n) is 9.83. The van der Waals surface area contributed by atoms with Crippen LogP contribution in [0.4, 0.5) is 0 Å². The van der Waals surface area contributed by atoms with Crippen molar-refractivity contribution in [1.29, 1.82) is 0 Å². The fraction of sp³-hybridized carbons (Fsp3) is 0.909. The quantitative estimate of drug-likeness (QED) is 0.634. The van der Waals surface area contributed by atoms with Crippen LogP contribution in [0.3, 0.4) is 0 Å². The Bertz CT molecular complexity index is 212. The summed E-state index contributed by atoms with van der Waals surface area (Å²) in [7, 11) is 0. The average molecular weight is 199 g/mol. The second-order valence-corrected chi connectivity index (χ2v) is 5.26. The maximum atomic E-state index is 11.5. The van der Waals surface area contributed by atoms with Crippen LogP contribution in [0.1, 0.15) is 34.6 Å². The molecule has 0 spiro atoms. The zero-order valence-corrected chi connectivity index (χ0v) is 9.83. The second-order valence-electron chi connectivity index (χ2n) is 5.26. The number of esters is 1. The molecular formula is C11H21NO2. The van der Waals surface area contributed by atoms with Gasteiger partial charge in [-0.1, -0.05) is 0 Å². The molecule has 82 valence electrons. The first-order chi connectivity index (χ1) is 6.30. The fourth-order valence-electron chi connectivity index (χ4n) is 1.50. The summed E-state index contributed by atoms with van der Waals surface area (Å²) in [6.07, 6.45) is 0.00573. The van der Waals surface area contributed by atoms with Gasteiger partial charge in [-0.25, -0.2) is 0 Å². The van der Waals surface area contributed by atoms with Crippen LogP contribution in [-0.2, 0) is 9.53 Å². The summed E-state index contributed by atoms with van der Waals surface area (Å²) in [6, 6.07) is 0. The third kappa shape index (κ3) is 2.71. The number of nitrogens with zero attached hydrogens (tertiary/aromatic N) is 1. The zero-order chi connectivity index (χ0) is 10.9. The molecular weight excluding hydrogens is 178 g/mol. The van der Waals surface area contributed by atoms with Gasteiger partial charge in [-0.2, -0.15) is 0 Å². The van der Waals surface area contributed by atoms with Crippen molar-refractivity contribution in [1.82, 2.24) is 4.90 Å². The van der Waals surface area contributed by atoms with Crippen LogP contribution >= 0.6 is 0 Å². The lowest BCUT2D eigenvalue weighted by Gasteiger charge is -2.46. The van der Waals surface area contributed by atoms with E-state index in [0.717, 1.165) is 13.1 Å². The van der Waals surface area contributed by atoms with Crippen molar-refractivity contribution in [3.05, 3.63) is 0 Å².